The van der Waals surface area contributed by atoms with Crippen molar-refractivity contribution < 1.29 is 23.5 Å². The molecule has 0 radical (unpaired) electrons. The number of nitrogens with one attached hydrogen (secondary N) is 2. The summed E-state index contributed by atoms with van der Waals surface area (Å²) in [5, 5.41) is 10.2. The Hall–Kier alpha value is -2.97. The molecule has 0 spiro atoms. The number of carbonyl (C=O) groups excluding carboxylic acids is 1. The zero-order chi connectivity index (χ0) is 21.7. The predicted molar refractivity (Wildman–Crippen MR) is 112 cm³/mol. The summed E-state index contributed by atoms with van der Waals surface area (Å²) in [7, 11) is 3.17. The van der Waals surface area contributed by atoms with Crippen LogP contribution < -0.4 is 20.1 Å². The first-order valence-electron chi connectivity index (χ1n) is 10.1. The van der Waals surface area contributed by atoms with E-state index in [9.17, 15) is 4.79 Å². The molecule has 2 atom stereocenters. The number of aromatic nitrogens is 2. The van der Waals surface area contributed by atoms with Crippen molar-refractivity contribution in [2.45, 2.75) is 51.7 Å². The van der Waals surface area contributed by atoms with Crippen LogP contribution in [0.2, 0.25) is 0 Å². The van der Waals surface area contributed by atoms with Crippen LogP contribution in [-0.4, -0.2) is 48.6 Å². The van der Waals surface area contributed by atoms with Gasteiger partial charge in [0.1, 0.15) is 5.60 Å². The average Bonchev–Trinajstić information content (AvgIpc) is 3.34. The summed E-state index contributed by atoms with van der Waals surface area (Å²) in [6, 6.07) is 5.94. The van der Waals surface area contributed by atoms with Crippen LogP contribution in [-0.2, 0) is 4.74 Å². The molecule has 0 unspecified atom stereocenters. The standard InChI is InChI=1S/C21H30N4O5/c1-21(2,3)29-20(26)22-12-14-7-6-8-15(14)23-19-24-18(25-30-19)13-9-10-16(27-4)17(11-13)28-5/h9-11,14-15H,6-8,12H2,1-5H3,(H,22,26)(H,23,24,25)/t14-,15-/m0/s1. The number of nitrogens with zero attached hydrogens (tertiary/aromatic N) is 2. The van der Waals surface area contributed by atoms with Gasteiger partial charge in [-0.25, -0.2) is 4.79 Å². The van der Waals surface area contributed by atoms with Crippen molar-refractivity contribution in [3.05, 3.63) is 18.2 Å². The lowest BCUT2D eigenvalue weighted by atomic mass is 10.0. The molecular weight excluding hydrogens is 388 g/mol. The Labute approximate surface area is 176 Å². The Morgan fingerprint density at radius 1 is 1.20 bits per heavy atom. The summed E-state index contributed by atoms with van der Waals surface area (Å²) in [5.74, 6) is 1.95. The van der Waals surface area contributed by atoms with Gasteiger partial charge in [0, 0.05) is 18.2 Å². The van der Waals surface area contributed by atoms with Gasteiger partial charge in [0.2, 0.25) is 5.82 Å². The first-order valence-corrected chi connectivity index (χ1v) is 10.1. The maximum Gasteiger partial charge on any atom is 0.407 e. The van der Waals surface area contributed by atoms with Crippen LogP contribution in [0.25, 0.3) is 11.4 Å². The van der Waals surface area contributed by atoms with Crippen LogP contribution in [0.5, 0.6) is 11.5 Å². The summed E-state index contributed by atoms with van der Waals surface area (Å²) in [5.41, 5.74) is 0.251. The molecule has 1 aliphatic carbocycles. The summed E-state index contributed by atoms with van der Waals surface area (Å²) in [6.45, 7) is 6.07. The van der Waals surface area contributed by atoms with Gasteiger partial charge < -0.3 is 29.4 Å². The summed E-state index contributed by atoms with van der Waals surface area (Å²) in [6.07, 6.45) is 2.63. The number of methoxy groups -OCH3 is 2. The highest BCUT2D eigenvalue weighted by molar-refractivity contribution is 5.67. The van der Waals surface area contributed by atoms with Gasteiger partial charge in [0.25, 0.3) is 0 Å². The van der Waals surface area contributed by atoms with E-state index in [1.54, 1.807) is 26.4 Å². The number of ether oxygens (including phenoxy) is 3. The molecule has 1 aromatic carbocycles. The molecule has 30 heavy (non-hydrogen) atoms. The fourth-order valence-electron chi connectivity index (χ4n) is 3.53. The molecule has 1 aromatic heterocycles. The third kappa shape index (κ3) is 5.55. The number of anilines is 1. The smallest absolute Gasteiger partial charge is 0.407 e. The number of rotatable bonds is 7. The number of hydrogen-bond donors (Lipinski definition) is 2. The zero-order valence-electron chi connectivity index (χ0n) is 18.2. The lowest BCUT2D eigenvalue weighted by Crippen LogP contribution is -2.38. The molecule has 9 heteroatoms. The predicted octanol–water partition coefficient (Wildman–Crippen LogP) is 3.86. The minimum atomic E-state index is -0.512. The van der Waals surface area contributed by atoms with E-state index in [1.165, 1.54) is 0 Å². The van der Waals surface area contributed by atoms with Gasteiger partial charge in [-0.15, -0.1) is 0 Å². The molecule has 3 rings (SSSR count). The number of alkyl carbamates (subject to hydrolysis) is 1. The Kier molecular flexibility index (Phi) is 6.69. The number of carbonyl (C=O) groups is 1. The maximum atomic E-state index is 11.9. The topological polar surface area (TPSA) is 108 Å². The Morgan fingerprint density at radius 2 is 1.97 bits per heavy atom. The average molecular weight is 418 g/mol. The Morgan fingerprint density at radius 3 is 2.67 bits per heavy atom. The van der Waals surface area contributed by atoms with Crippen molar-refractivity contribution in [3.8, 4) is 22.9 Å². The quantitative estimate of drug-likeness (QED) is 0.698. The molecule has 1 saturated carbocycles. The highest BCUT2D eigenvalue weighted by Crippen LogP contribution is 2.32. The van der Waals surface area contributed by atoms with Gasteiger partial charge in [-0.2, -0.15) is 4.98 Å². The molecule has 0 saturated heterocycles. The second kappa shape index (κ2) is 9.23. The largest absolute Gasteiger partial charge is 0.493 e. The monoisotopic (exact) mass is 418 g/mol. The van der Waals surface area contributed by atoms with Crippen molar-refractivity contribution in [2.24, 2.45) is 5.92 Å². The summed E-state index contributed by atoms with van der Waals surface area (Å²) < 4.78 is 21.3. The molecule has 9 nitrogen and oxygen atoms in total. The van der Waals surface area contributed by atoms with E-state index in [-0.39, 0.29) is 12.0 Å². The van der Waals surface area contributed by atoms with Crippen molar-refractivity contribution in [1.82, 2.24) is 15.5 Å². The van der Waals surface area contributed by atoms with E-state index in [1.807, 2.05) is 26.8 Å². The molecule has 164 valence electrons. The van der Waals surface area contributed by atoms with E-state index >= 15 is 0 Å². The first-order chi connectivity index (χ1) is 14.3. The second-order valence-corrected chi connectivity index (χ2v) is 8.32. The van der Waals surface area contributed by atoms with Gasteiger partial charge in [0.05, 0.1) is 14.2 Å². The minimum Gasteiger partial charge on any atom is -0.493 e. The second-order valence-electron chi connectivity index (χ2n) is 8.32. The van der Waals surface area contributed by atoms with Crippen molar-refractivity contribution in [1.29, 1.82) is 0 Å². The minimum absolute atomic E-state index is 0.138. The van der Waals surface area contributed by atoms with Crippen LogP contribution in [0, 0.1) is 5.92 Å². The van der Waals surface area contributed by atoms with Crippen LogP contribution in [0.15, 0.2) is 22.7 Å². The third-order valence-corrected chi connectivity index (χ3v) is 4.94. The lowest BCUT2D eigenvalue weighted by molar-refractivity contribution is 0.0519. The maximum absolute atomic E-state index is 11.9. The van der Waals surface area contributed by atoms with Crippen LogP contribution in [0.4, 0.5) is 10.8 Å². The van der Waals surface area contributed by atoms with Gasteiger partial charge in [-0.1, -0.05) is 11.6 Å². The molecule has 2 aromatic rings. The first kappa shape index (κ1) is 21.7. The van der Waals surface area contributed by atoms with Crippen LogP contribution >= 0.6 is 0 Å². The van der Waals surface area contributed by atoms with Crippen molar-refractivity contribution in [3.63, 3.8) is 0 Å². The van der Waals surface area contributed by atoms with E-state index in [2.05, 4.69) is 20.8 Å². The molecule has 0 bridgehead atoms. The zero-order valence-corrected chi connectivity index (χ0v) is 18.2. The summed E-state index contributed by atoms with van der Waals surface area (Å²) >= 11 is 0. The van der Waals surface area contributed by atoms with E-state index in [4.69, 9.17) is 18.7 Å². The molecule has 1 heterocycles. The molecule has 1 amide bonds. The summed E-state index contributed by atoms with van der Waals surface area (Å²) in [4.78, 5) is 16.4. The van der Waals surface area contributed by atoms with E-state index in [0.29, 0.717) is 29.9 Å². The van der Waals surface area contributed by atoms with Gasteiger partial charge in [0.15, 0.2) is 11.5 Å². The molecular formula is C21H30N4O5. The third-order valence-electron chi connectivity index (χ3n) is 4.94. The van der Waals surface area contributed by atoms with Gasteiger partial charge in [-0.05, 0) is 57.7 Å². The fraction of sp³-hybridized carbons (Fsp3) is 0.571. The van der Waals surface area contributed by atoms with Crippen molar-refractivity contribution in [2.75, 3.05) is 26.1 Å². The highest BCUT2D eigenvalue weighted by atomic mass is 16.6. The van der Waals surface area contributed by atoms with Gasteiger partial charge >= 0.3 is 12.1 Å². The number of amides is 1. The van der Waals surface area contributed by atoms with E-state index < -0.39 is 11.7 Å². The van der Waals surface area contributed by atoms with Crippen molar-refractivity contribution >= 4 is 12.1 Å². The molecule has 2 N–H and O–H groups in total. The molecule has 1 fully saturated rings. The number of benzene rings is 1. The number of hydrogen-bond acceptors (Lipinski definition) is 8. The van der Waals surface area contributed by atoms with Gasteiger partial charge in [-0.3, -0.25) is 0 Å². The lowest BCUT2D eigenvalue weighted by Gasteiger charge is -2.23. The Balaban J connectivity index is 1.60. The molecule has 0 aliphatic heterocycles. The van der Waals surface area contributed by atoms with Crippen LogP contribution in [0.3, 0.4) is 0 Å². The normalized spacial score (nSPS) is 18.7. The molecule has 1 aliphatic rings. The van der Waals surface area contributed by atoms with Crippen LogP contribution in [0.1, 0.15) is 40.0 Å². The SMILES string of the molecule is COc1ccc(-c2noc(N[C@H]3CCC[C@H]3CNC(=O)OC(C)(C)C)n2)cc1OC. The fourth-order valence-corrected chi connectivity index (χ4v) is 3.53. The highest BCUT2D eigenvalue weighted by Gasteiger charge is 2.29. The Bertz CT molecular complexity index is 861. The van der Waals surface area contributed by atoms with E-state index in [0.717, 1.165) is 24.8 Å².